The van der Waals surface area contributed by atoms with Crippen LogP contribution in [0.25, 0.3) is 10.9 Å². The van der Waals surface area contributed by atoms with Crippen LogP contribution in [0.5, 0.6) is 0 Å². The third kappa shape index (κ3) is 2.72. The molecule has 1 aliphatic carbocycles. The summed E-state index contributed by atoms with van der Waals surface area (Å²) in [5.74, 6) is 0.848. The predicted octanol–water partition coefficient (Wildman–Crippen LogP) is 3.56. The first-order valence-corrected chi connectivity index (χ1v) is 8.56. The van der Waals surface area contributed by atoms with E-state index >= 15 is 0 Å². The van der Waals surface area contributed by atoms with E-state index in [1.807, 2.05) is 10.7 Å². The summed E-state index contributed by atoms with van der Waals surface area (Å²) in [4.78, 5) is 13.1. The van der Waals surface area contributed by atoms with Gasteiger partial charge in [-0.25, -0.2) is 0 Å². The van der Waals surface area contributed by atoms with Crippen LogP contribution in [0.15, 0.2) is 24.4 Å². The van der Waals surface area contributed by atoms with Crippen LogP contribution in [0, 0.1) is 16.0 Å². The summed E-state index contributed by atoms with van der Waals surface area (Å²) in [5.41, 5.74) is 1.11. The Kier molecular flexibility index (Phi) is 3.77. The van der Waals surface area contributed by atoms with Gasteiger partial charge in [0.15, 0.2) is 0 Å². The summed E-state index contributed by atoms with van der Waals surface area (Å²) >= 11 is 0. The SMILES string of the molecule is O=[N+]([O-])c1ccc2c(cnn2CN2CCC[C@H]3CCCC[C@@H]32)c1. The van der Waals surface area contributed by atoms with Gasteiger partial charge in [-0.05, 0) is 37.7 Å². The predicted molar refractivity (Wildman–Crippen MR) is 88.1 cm³/mol. The normalized spacial score (nSPS) is 25.4. The van der Waals surface area contributed by atoms with Crippen LogP contribution < -0.4 is 0 Å². The van der Waals surface area contributed by atoms with Gasteiger partial charge in [0, 0.05) is 30.1 Å². The molecule has 23 heavy (non-hydrogen) atoms. The van der Waals surface area contributed by atoms with E-state index in [-0.39, 0.29) is 10.6 Å². The Bertz CT molecular complexity index is 724. The Morgan fingerprint density at radius 1 is 1.22 bits per heavy atom. The molecule has 2 aliphatic rings. The van der Waals surface area contributed by atoms with Crippen LogP contribution in [-0.4, -0.2) is 32.2 Å². The second kappa shape index (κ2) is 5.92. The second-order valence-electron chi connectivity index (χ2n) is 6.85. The second-order valence-corrected chi connectivity index (χ2v) is 6.85. The number of nitrogens with zero attached hydrogens (tertiary/aromatic N) is 4. The number of benzene rings is 1. The zero-order valence-electron chi connectivity index (χ0n) is 13.2. The van der Waals surface area contributed by atoms with Crippen molar-refractivity contribution in [2.45, 2.75) is 51.2 Å². The number of likely N-dealkylation sites (tertiary alicyclic amines) is 1. The molecule has 4 rings (SSSR count). The van der Waals surface area contributed by atoms with Gasteiger partial charge in [0.25, 0.3) is 5.69 Å². The molecule has 2 fully saturated rings. The van der Waals surface area contributed by atoms with Gasteiger partial charge in [0.1, 0.15) is 0 Å². The summed E-state index contributed by atoms with van der Waals surface area (Å²) in [6.07, 6.45) is 9.76. The minimum Gasteiger partial charge on any atom is -0.281 e. The lowest BCUT2D eigenvalue weighted by molar-refractivity contribution is -0.384. The maximum Gasteiger partial charge on any atom is 0.270 e. The van der Waals surface area contributed by atoms with Gasteiger partial charge in [0.05, 0.1) is 23.3 Å². The van der Waals surface area contributed by atoms with Crippen LogP contribution in [0.1, 0.15) is 38.5 Å². The molecule has 0 spiro atoms. The molecular formula is C17H22N4O2. The number of hydrogen-bond acceptors (Lipinski definition) is 4. The van der Waals surface area contributed by atoms with Crippen molar-refractivity contribution >= 4 is 16.6 Å². The van der Waals surface area contributed by atoms with Gasteiger partial charge < -0.3 is 0 Å². The number of hydrogen-bond donors (Lipinski definition) is 0. The molecule has 1 aliphatic heterocycles. The molecule has 0 bridgehead atoms. The maximum absolute atomic E-state index is 10.9. The summed E-state index contributed by atoms with van der Waals surface area (Å²) in [5, 5.41) is 16.2. The molecule has 1 aromatic carbocycles. The van der Waals surface area contributed by atoms with Crippen molar-refractivity contribution in [2.24, 2.45) is 5.92 Å². The lowest BCUT2D eigenvalue weighted by Gasteiger charge is -2.44. The van der Waals surface area contributed by atoms with E-state index in [0.717, 1.165) is 30.0 Å². The quantitative estimate of drug-likeness (QED) is 0.642. The van der Waals surface area contributed by atoms with Gasteiger partial charge in [-0.15, -0.1) is 0 Å². The number of non-ortho nitro benzene ring substituents is 1. The molecule has 6 nitrogen and oxygen atoms in total. The molecule has 2 atom stereocenters. The molecular weight excluding hydrogens is 292 g/mol. The van der Waals surface area contributed by atoms with Crippen molar-refractivity contribution in [1.82, 2.24) is 14.7 Å². The molecule has 1 saturated carbocycles. The first kappa shape index (κ1) is 14.6. The van der Waals surface area contributed by atoms with E-state index in [0.29, 0.717) is 6.04 Å². The van der Waals surface area contributed by atoms with Gasteiger partial charge >= 0.3 is 0 Å². The monoisotopic (exact) mass is 314 g/mol. The van der Waals surface area contributed by atoms with Crippen molar-refractivity contribution < 1.29 is 4.92 Å². The molecule has 122 valence electrons. The Morgan fingerprint density at radius 3 is 2.91 bits per heavy atom. The first-order valence-electron chi connectivity index (χ1n) is 8.56. The van der Waals surface area contributed by atoms with Gasteiger partial charge in [-0.3, -0.25) is 19.7 Å². The molecule has 1 saturated heterocycles. The average Bonchev–Trinajstić information content (AvgIpc) is 2.97. The van der Waals surface area contributed by atoms with E-state index < -0.39 is 0 Å². The van der Waals surface area contributed by atoms with Gasteiger partial charge in [0.2, 0.25) is 0 Å². The minimum absolute atomic E-state index is 0.127. The summed E-state index contributed by atoms with van der Waals surface area (Å²) in [7, 11) is 0. The summed E-state index contributed by atoms with van der Waals surface area (Å²) in [6.45, 7) is 1.93. The number of fused-ring (bicyclic) bond motifs is 2. The van der Waals surface area contributed by atoms with Gasteiger partial charge in [-0.2, -0.15) is 5.10 Å². The maximum atomic E-state index is 10.9. The average molecular weight is 314 g/mol. The van der Waals surface area contributed by atoms with Gasteiger partial charge in [-0.1, -0.05) is 12.8 Å². The lowest BCUT2D eigenvalue weighted by Crippen LogP contribution is -2.47. The third-order valence-corrected chi connectivity index (χ3v) is 5.51. The highest BCUT2D eigenvalue weighted by atomic mass is 16.6. The van der Waals surface area contributed by atoms with E-state index in [1.54, 1.807) is 18.3 Å². The van der Waals surface area contributed by atoms with Crippen LogP contribution in [0.3, 0.4) is 0 Å². The number of rotatable bonds is 3. The highest BCUT2D eigenvalue weighted by molar-refractivity contribution is 5.81. The standard InChI is InChI=1S/C17H22N4O2/c22-21(23)15-7-8-17-14(10-15)11-18-20(17)12-19-9-3-5-13-4-1-2-6-16(13)19/h7-8,10-11,13,16H,1-6,9,12H2/t13-,16+/m1/s1. The zero-order valence-corrected chi connectivity index (χ0v) is 13.2. The summed E-state index contributed by atoms with van der Waals surface area (Å²) in [6, 6.07) is 5.69. The number of nitro groups is 1. The fourth-order valence-electron chi connectivity index (χ4n) is 4.38. The van der Waals surface area contributed by atoms with Crippen molar-refractivity contribution in [1.29, 1.82) is 0 Å². The molecule has 1 aromatic heterocycles. The Morgan fingerprint density at radius 2 is 2.04 bits per heavy atom. The topological polar surface area (TPSA) is 64.2 Å². The van der Waals surface area contributed by atoms with E-state index in [1.165, 1.54) is 38.5 Å². The minimum atomic E-state index is -0.353. The van der Waals surface area contributed by atoms with Crippen LogP contribution in [0.4, 0.5) is 5.69 Å². The largest absolute Gasteiger partial charge is 0.281 e. The van der Waals surface area contributed by atoms with Crippen molar-refractivity contribution in [3.05, 3.63) is 34.5 Å². The molecule has 0 amide bonds. The van der Waals surface area contributed by atoms with Crippen molar-refractivity contribution in [3.63, 3.8) is 0 Å². The third-order valence-electron chi connectivity index (χ3n) is 5.51. The molecule has 6 heteroatoms. The van der Waals surface area contributed by atoms with Crippen molar-refractivity contribution in [2.75, 3.05) is 6.54 Å². The fraction of sp³-hybridized carbons (Fsp3) is 0.588. The zero-order chi connectivity index (χ0) is 15.8. The fourth-order valence-corrected chi connectivity index (χ4v) is 4.38. The van der Waals surface area contributed by atoms with E-state index in [4.69, 9.17) is 0 Å². The molecule has 0 radical (unpaired) electrons. The molecule has 2 aromatic rings. The Labute approximate surface area is 135 Å². The molecule has 0 unspecified atom stereocenters. The number of piperidine rings is 1. The Balaban J connectivity index is 1.58. The first-order chi connectivity index (χ1) is 11.2. The number of aromatic nitrogens is 2. The number of nitro benzene ring substituents is 1. The van der Waals surface area contributed by atoms with E-state index in [2.05, 4.69) is 10.00 Å². The summed E-state index contributed by atoms with van der Waals surface area (Å²) < 4.78 is 2.00. The smallest absolute Gasteiger partial charge is 0.270 e. The molecule has 2 heterocycles. The van der Waals surface area contributed by atoms with Crippen LogP contribution in [0.2, 0.25) is 0 Å². The Hall–Kier alpha value is -1.95. The van der Waals surface area contributed by atoms with E-state index in [9.17, 15) is 10.1 Å². The highest BCUT2D eigenvalue weighted by Gasteiger charge is 2.33. The van der Waals surface area contributed by atoms with Crippen LogP contribution >= 0.6 is 0 Å². The highest BCUT2D eigenvalue weighted by Crippen LogP contribution is 2.35. The van der Waals surface area contributed by atoms with Crippen LogP contribution in [-0.2, 0) is 6.67 Å². The van der Waals surface area contributed by atoms with Crippen molar-refractivity contribution in [3.8, 4) is 0 Å². The molecule has 0 N–H and O–H groups in total. The lowest BCUT2D eigenvalue weighted by atomic mass is 9.78.